The van der Waals surface area contributed by atoms with Gasteiger partial charge in [-0.3, -0.25) is 14.6 Å². The lowest BCUT2D eigenvalue weighted by Gasteiger charge is -2.01. The van der Waals surface area contributed by atoms with Gasteiger partial charge in [-0.2, -0.15) is 0 Å². The van der Waals surface area contributed by atoms with E-state index in [4.69, 9.17) is 4.74 Å². The van der Waals surface area contributed by atoms with Crippen molar-refractivity contribution in [3.63, 3.8) is 0 Å². The predicted molar refractivity (Wildman–Crippen MR) is 50.2 cm³/mol. The second kappa shape index (κ2) is 6.48. The second-order valence-corrected chi connectivity index (χ2v) is 2.58. The summed E-state index contributed by atoms with van der Waals surface area (Å²) in [4.78, 5) is 25.7. The zero-order valence-corrected chi connectivity index (χ0v) is 8.29. The lowest BCUT2D eigenvalue weighted by Crippen LogP contribution is -2.18. The zero-order valence-electron chi connectivity index (χ0n) is 8.29. The van der Waals surface area contributed by atoms with Gasteiger partial charge in [0.25, 0.3) is 0 Å². The molecule has 74 valence electrons. The van der Waals surface area contributed by atoms with Gasteiger partial charge in [0.2, 0.25) is 0 Å². The van der Waals surface area contributed by atoms with Crippen LogP contribution in [0.3, 0.4) is 0 Å². The normalized spacial score (nSPS) is 11.5. The van der Waals surface area contributed by atoms with Crippen LogP contribution in [0.15, 0.2) is 4.99 Å². The molecule has 0 heterocycles. The summed E-state index contributed by atoms with van der Waals surface area (Å²) in [6.07, 6.45) is 0.0752. The third-order valence-corrected chi connectivity index (χ3v) is 1.51. The maximum absolute atomic E-state index is 11.1. The number of Topliss-reactive ketones (excluding diaryl/α,β-unsaturated/α-hetero) is 2. The van der Waals surface area contributed by atoms with Gasteiger partial charge >= 0.3 is 0 Å². The number of ether oxygens (including phenoxy) is 1. The third kappa shape index (κ3) is 5.25. The van der Waals surface area contributed by atoms with E-state index in [0.29, 0.717) is 12.3 Å². The molecule has 0 rings (SSSR count). The fourth-order valence-electron chi connectivity index (χ4n) is 0.815. The summed E-state index contributed by atoms with van der Waals surface area (Å²) in [5.74, 6) is -0.273. The number of aliphatic imine (C=N–C) groups is 1. The van der Waals surface area contributed by atoms with Crippen LogP contribution in [0.2, 0.25) is 0 Å². The zero-order chi connectivity index (χ0) is 10.3. The third-order valence-electron chi connectivity index (χ3n) is 1.51. The molecule has 0 aliphatic heterocycles. The molecule has 0 bridgehead atoms. The Morgan fingerprint density at radius 1 is 1.38 bits per heavy atom. The minimum atomic E-state index is -0.160. The Balaban J connectivity index is 3.96. The maximum atomic E-state index is 11.1. The average Bonchev–Trinajstić information content (AvgIpc) is 2.10. The van der Waals surface area contributed by atoms with Crippen LogP contribution >= 0.6 is 0 Å². The van der Waals surface area contributed by atoms with E-state index >= 15 is 0 Å². The molecule has 0 amide bonds. The van der Waals surface area contributed by atoms with Gasteiger partial charge in [-0.15, -0.1) is 0 Å². The van der Waals surface area contributed by atoms with Gasteiger partial charge in [-0.1, -0.05) is 0 Å². The first kappa shape index (κ1) is 12.0. The topological polar surface area (TPSA) is 55.7 Å². The highest BCUT2D eigenvalue weighted by molar-refractivity contribution is 6.42. The van der Waals surface area contributed by atoms with Crippen molar-refractivity contribution < 1.29 is 14.3 Å². The Labute approximate surface area is 78.0 Å². The van der Waals surface area contributed by atoms with Crippen molar-refractivity contribution in [2.75, 3.05) is 20.3 Å². The quantitative estimate of drug-likeness (QED) is 0.571. The van der Waals surface area contributed by atoms with Crippen molar-refractivity contribution in [1.82, 2.24) is 0 Å². The van der Waals surface area contributed by atoms with Crippen LogP contribution in [-0.2, 0) is 14.3 Å². The molecule has 4 nitrogen and oxygen atoms in total. The Kier molecular flexibility index (Phi) is 5.97. The highest BCUT2D eigenvalue weighted by Crippen LogP contribution is 1.92. The largest absolute Gasteiger partial charge is 0.374 e. The summed E-state index contributed by atoms with van der Waals surface area (Å²) in [5.41, 5.74) is 0.310. The molecule has 0 spiro atoms. The molecule has 0 aliphatic carbocycles. The first-order valence-electron chi connectivity index (χ1n) is 4.17. The van der Waals surface area contributed by atoms with E-state index in [0.717, 1.165) is 0 Å². The van der Waals surface area contributed by atoms with Crippen molar-refractivity contribution in [3.8, 4) is 0 Å². The highest BCUT2D eigenvalue weighted by atomic mass is 16.5. The monoisotopic (exact) mass is 185 g/mol. The van der Waals surface area contributed by atoms with Crippen LogP contribution in [0.4, 0.5) is 0 Å². The van der Waals surface area contributed by atoms with Gasteiger partial charge in [0, 0.05) is 20.6 Å². The minimum absolute atomic E-state index is 0.0583. The molecule has 0 aromatic heterocycles. The summed E-state index contributed by atoms with van der Waals surface area (Å²) in [5, 5.41) is 0. The summed E-state index contributed by atoms with van der Waals surface area (Å²) in [6, 6.07) is 0. The smallest absolute Gasteiger partial charge is 0.173 e. The van der Waals surface area contributed by atoms with E-state index in [-0.39, 0.29) is 24.6 Å². The molecule has 0 fully saturated rings. The number of carbonyl (C=O) groups is 2. The lowest BCUT2D eigenvalue weighted by atomic mass is 10.1. The van der Waals surface area contributed by atoms with E-state index < -0.39 is 0 Å². The van der Waals surface area contributed by atoms with Crippen LogP contribution in [0, 0.1) is 0 Å². The number of rotatable bonds is 6. The van der Waals surface area contributed by atoms with Gasteiger partial charge in [0.15, 0.2) is 11.6 Å². The van der Waals surface area contributed by atoms with Crippen LogP contribution in [-0.4, -0.2) is 37.5 Å². The van der Waals surface area contributed by atoms with E-state index in [1.54, 1.807) is 0 Å². The molecule has 0 radical (unpaired) electrons. The molecule has 0 aromatic carbocycles. The molecule has 13 heavy (non-hydrogen) atoms. The molecule has 0 atom stereocenters. The van der Waals surface area contributed by atoms with Gasteiger partial charge in [-0.25, -0.2) is 0 Å². The molecule has 0 aromatic rings. The van der Waals surface area contributed by atoms with E-state index in [2.05, 4.69) is 4.99 Å². The molecule has 0 saturated carbocycles. The molecule has 0 N–H and O–H groups in total. The minimum Gasteiger partial charge on any atom is -0.374 e. The van der Waals surface area contributed by atoms with Gasteiger partial charge < -0.3 is 4.74 Å². The fraction of sp³-hybridized carbons (Fsp3) is 0.667. The number of ketones is 2. The summed E-state index contributed by atoms with van der Waals surface area (Å²) in [6.45, 7) is 3.77. The Bertz CT molecular complexity index is 221. The van der Waals surface area contributed by atoms with Crippen LogP contribution in [0.5, 0.6) is 0 Å². The Morgan fingerprint density at radius 3 is 2.38 bits per heavy atom. The number of carbonyl (C=O) groups excluding carboxylic acids is 2. The number of hydrogen-bond acceptors (Lipinski definition) is 4. The van der Waals surface area contributed by atoms with Crippen molar-refractivity contribution >= 4 is 17.3 Å². The lowest BCUT2D eigenvalue weighted by molar-refractivity contribution is -0.122. The standard InChI is InChI=1S/C9H15NO3/c1-4-13-6-8(12)5-9(10-3)7(2)11/h4-6H2,1-3H3. The Morgan fingerprint density at radius 2 is 2.00 bits per heavy atom. The van der Waals surface area contributed by atoms with Crippen molar-refractivity contribution in [2.45, 2.75) is 20.3 Å². The van der Waals surface area contributed by atoms with Crippen LogP contribution in [0.25, 0.3) is 0 Å². The molecule has 0 saturated heterocycles. The van der Waals surface area contributed by atoms with Crippen molar-refractivity contribution in [3.05, 3.63) is 0 Å². The van der Waals surface area contributed by atoms with E-state index in [1.807, 2.05) is 6.92 Å². The van der Waals surface area contributed by atoms with Crippen molar-refractivity contribution in [2.24, 2.45) is 4.99 Å². The highest BCUT2D eigenvalue weighted by Gasteiger charge is 2.10. The fourth-order valence-corrected chi connectivity index (χ4v) is 0.815. The number of nitrogens with zero attached hydrogens (tertiary/aromatic N) is 1. The van der Waals surface area contributed by atoms with Crippen molar-refractivity contribution in [1.29, 1.82) is 0 Å². The van der Waals surface area contributed by atoms with Crippen LogP contribution < -0.4 is 0 Å². The first-order chi connectivity index (χ1) is 6.11. The summed E-state index contributed by atoms with van der Waals surface area (Å²) in [7, 11) is 1.50. The average molecular weight is 185 g/mol. The van der Waals surface area contributed by atoms with Gasteiger partial charge in [0.1, 0.15) is 6.61 Å². The maximum Gasteiger partial charge on any atom is 0.173 e. The SMILES string of the molecule is CCOCC(=O)CC(=NC)C(C)=O. The second-order valence-electron chi connectivity index (χ2n) is 2.58. The number of hydrogen-bond donors (Lipinski definition) is 0. The van der Waals surface area contributed by atoms with E-state index in [9.17, 15) is 9.59 Å². The predicted octanol–water partition coefficient (Wildman–Crippen LogP) is 0.642. The first-order valence-corrected chi connectivity index (χ1v) is 4.17. The molecular formula is C9H15NO3. The molecule has 4 heteroatoms. The Hall–Kier alpha value is -1.03. The van der Waals surface area contributed by atoms with Gasteiger partial charge in [0.05, 0.1) is 12.1 Å². The van der Waals surface area contributed by atoms with Gasteiger partial charge in [-0.05, 0) is 6.92 Å². The van der Waals surface area contributed by atoms with Crippen LogP contribution in [0.1, 0.15) is 20.3 Å². The molecule has 0 aliphatic rings. The molecule has 0 unspecified atom stereocenters. The summed E-state index contributed by atoms with van der Waals surface area (Å²) >= 11 is 0. The molecular weight excluding hydrogens is 170 g/mol. The van der Waals surface area contributed by atoms with E-state index in [1.165, 1.54) is 14.0 Å². The summed E-state index contributed by atoms with van der Waals surface area (Å²) < 4.78 is 4.90.